The Morgan fingerprint density at radius 3 is 2.75 bits per heavy atom. The van der Waals surface area contributed by atoms with Crippen LogP contribution in [0.25, 0.3) is 0 Å². The Kier molecular flexibility index (Phi) is 2.99. The summed E-state index contributed by atoms with van der Waals surface area (Å²) in [7, 11) is 0. The van der Waals surface area contributed by atoms with Crippen molar-refractivity contribution in [1.29, 1.82) is 0 Å². The summed E-state index contributed by atoms with van der Waals surface area (Å²) in [5, 5.41) is 0. The fourth-order valence-corrected chi connectivity index (χ4v) is 1.10. The van der Waals surface area contributed by atoms with Crippen molar-refractivity contribution in [2.75, 3.05) is 0 Å². The Labute approximate surface area is 75.9 Å². The van der Waals surface area contributed by atoms with Gasteiger partial charge in [-0.05, 0) is 6.07 Å². The number of thiol groups is 1. The van der Waals surface area contributed by atoms with Gasteiger partial charge in [-0.3, -0.25) is 0 Å². The number of nitrogens with two attached hydrogens (primary N) is 1. The molecule has 0 aliphatic heterocycles. The molecule has 0 saturated heterocycles. The van der Waals surface area contributed by atoms with Crippen molar-refractivity contribution in [3.05, 3.63) is 29.8 Å². The molecule has 0 radical (unpaired) electrons. The molecule has 4 heteroatoms. The number of rotatable bonds is 2. The zero-order valence-electron chi connectivity index (χ0n) is 6.36. The summed E-state index contributed by atoms with van der Waals surface area (Å²) in [5.41, 5.74) is 5.71. The highest BCUT2D eigenvalue weighted by molar-refractivity contribution is 7.79. The van der Waals surface area contributed by atoms with Gasteiger partial charge in [0.2, 0.25) is 0 Å². The van der Waals surface area contributed by atoms with Crippen molar-refractivity contribution in [3.63, 3.8) is 0 Å². The quantitative estimate of drug-likeness (QED) is 0.684. The van der Waals surface area contributed by atoms with Crippen LogP contribution in [0.1, 0.15) is 5.56 Å². The van der Waals surface area contributed by atoms with Crippen molar-refractivity contribution >= 4 is 18.7 Å². The monoisotopic (exact) mass is 183 g/mol. The van der Waals surface area contributed by atoms with Gasteiger partial charge in [-0.25, -0.2) is 4.79 Å². The molecule has 0 unspecified atom stereocenters. The number of hydrogen-bond acceptors (Lipinski definition) is 3. The topological polar surface area (TPSA) is 52.3 Å². The van der Waals surface area contributed by atoms with E-state index in [2.05, 4.69) is 12.6 Å². The molecular weight excluding hydrogens is 174 g/mol. The molecule has 64 valence electrons. The summed E-state index contributed by atoms with van der Waals surface area (Å²) in [5.74, 6) is 0.990. The Hall–Kier alpha value is -1.16. The Bertz CT molecular complexity index is 288. The van der Waals surface area contributed by atoms with Crippen LogP contribution in [0.2, 0.25) is 0 Å². The molecule has 0 aromatic heterocycles. The van der Waals surface area contributed by atoms with E-state index >= 15 is 0 Å². The molecule has 3 nitrogen and oxygen atoms in total. The molecular formula is C8H9NO2S. The summed E-state index contributed by atoms with van der Waals surface area (Å²) in [6.45, 7) is 0. The molecule has 1 rings (SSSR count). The molecule has 0 bridgehead atoms. The van der Waals surface area contributed by atoms with Crippen LogP contribution in [0, 0.1) is 0 Å². The number of carbonyl (C=O) groups is 1. The maximum Gasteiger partial charge on any atom is 0.409 e. The first-order chi connectivity index (χ1) is 5.74. The maximum atomic E-state index is 10.4. The molecule has 0 aliphatic carbocycles. The first-order valence-electron chi connectivity index (χ1n) is 3.40. The summed E-state index contributed by atoms with van der Waals surface area (Å²) in [6, 6.07) is 7.12. The van der Waals surface area contributed by atoms with Gasteiger partial charge in [-0.1, -0.05) is 18.2 Å². The van der Waals surface area contributed by atoms with E-state index in [4.69, 9.17) is 10.5 Å². The highest BCUT2D eigenvalue weighted by atomic mass is 32.1. The lowest BCUT2D eigenvalue weighted by molar-refractivity contribution is 0.210. The number of benzene rings is 1. The third-order valence-electron chi connectivity index (χ3n) is 1.35. The van der Waals surface area contributed by atoms with Crippen LogP contribution >= 0.6 is 12.6 Å². The summed E-state index contributed by atoms with van der Waals surface area (Å²) in [6.07, 6.45) is -0.802. The lowest BCUT2D eigenvalue weighted by Gasteiger charge is -2.04. The van der Waals surface area contributed by atoms with E-state index in [0.29, 0.717) is 11.5 Å². The van der Waals surface area contributed by atoms with E-state index in [1.807, 2.05) is 12.1 Å². The van der Waals surface area contributed by atoms with Gasteiger partial charge in [0.25, 0.3) is 0 Å². The van der Waals surface area contributed by atoms with Crippen LogP contribution < -0.4 is 10.5 Å². The first-order valence-corrected chi connectivity index (χ1v) is 4.03. The van der Waals surface area contributed by atoms with Crippen molar-refractivity contribution in [3.8, 4) is 5.75 Å². The Balaban J connectivity index is 2.89. The van der Waals surface area contributed by atoms with Crippen LogP contribution in [-0.2, 0) is 5.75 Å². The molecule has 0 aliphatic rings. The second kappa shape index (κ2) is 4.01. The van der Waals surface area contributed by atoms with Gasteiger partial charge in [0.05, 0.1) is 0 Å². The third-order valence-corrected chi connectivity index (χ3v) is 1.69. The number of hydrogen-bond donors (Lipinski definition) is 2. The van der Waals surface area contributed by atoms with Gasteiger partial charge in [0.1, 0.15) is 5.75 Å². The molecule has 0 heterocycles. The van der Waals surface area contributed by atoms with Gasteiger partial charge in [0, 0.05) is 11.3 Å². The first kappa shape index (κ1) is 8.93. The van der Waals surface area contributed by atoms with Crippen LogP contribution in [0.4, 0.5) is 4.79 Å². The van der Waals surface area contributed by atoms with Gasteiger partial charge in [0.15, 0.2) is 0 Å². The van der Waals surface area contributed by atoms with Crippen molar-refractivity contribution < 1.29 is 9.53 Å². The number of amides is 1. The minimum absolute atomic E-state index is 0.472. The van der Waals surface area contributed by atoms with E-state index in [0.717, 1.165) is 5.56 Å². The Morgan fingerprint density at radius 2 is 2.17 bits per heavy atom. The number of ether oxygens (including phenoxy) is 1. The second-order valence-electron chi connectivity index (χ2n) is 2.19. The minimum atomic E-state index is -0.802. The van der Waals surface area contributed by atoms with E-state index in [1.165, 1.54) is 0 Å². The van der Waals surface area contributed by atoms with Gasteiger partial charge < -0.3 is 10.5 Å². The molecule has 0 saturated carbocycles. The van der Waals surface area contributed by atoms with Crippen LogP contribution in [-0.4, -0.2) is 6.09 Å². The summed E-state index contributed by atoms with van der Waals surface area (Å²) in [4.78, 5) is 10.4. The molecule has 1 aromatic rings. The van der Waals surface area contributed by atoms with Crippen LogP contribution in [0.3, 0.4) is 0 Å². The fourth-order valence-electron chi connectivity index (χ4n) is 0.842. The normalized spacial score (nSPS) is 9.42. The standard InChI is InChI=1S/C8H9NO2S/c9-8(10)11-7-4-2-1-3-6(7)5-12/h1-4,12H,5H2,(H2,9,10). The molecule has 0 spiro atoms. The van der Waals surface area contributed by atoms with E-state index in [9.17, 15) is 4.79 Å². The van der Waals surface area contributed by atoms with Crippen molar-refractivity contribution in [2.24, 2.45) is 5.73 Å². The van der Waals surface area contributed by atoms with Crippen LogP contribution in [0.15, 0.2) is 24.3 Å². The second-order valence-corrected chi connectivity index (χ2v) is 2.50. The smallest absolute Gasteiger partial charge is 0.409 e. The zero-order valence-corrected chi connectivity index (χ0v) is 7.25. The number of primary amides is 1. The molecule has 2 N–H and O–H groups in total. The average Bonchev–Trinajstić information content (AvgIpc) is 2.04. The molecule has 1 amide bonds. The molecule has 1 aromatic carbocycles. The molecule has 0 fully saturated rings. The highest BCUT2D eigenvalue weighted by Gasteiger charge is 2.02. The van der Waals surface area contributed by atoms with Crippen molar-refractivity contribution in [2.45, 2.75) is 5.75 Å². The largest absolute Gasteiger partial charge is 0.410 e. The Morgan fingerprint density at radius 1 is 1.50 bits per heavy atom. The maximum absolute atomic E-state index is 10.4. The van der Waals surface area contributed by atoms with Gasteiger partial charge in [-0.2, -0.15) is 12.6 Å². The lowest BCUT2D eigenvalue weighted by Crippen LogP contribution is -2.16. The lowest BCUT2D eigenvalue weighted by atomic mass is 10.2. The number of carbonyl (C=O) groups excluding carboxylic acids is 1. The van der Waals surface area contributed by atoms with Crippen LogP contribution in [0.5, 0.6) is 5.75 Å². The fraction of sp³-hybridized carbons (Fsp3) is 0.125. The van der Waals surface area contributed by atoms with E-state index in [1.54, 1.807) is 12.1 Å². The minimum Gasteiger partial charge on any atom is -0.410 e. The predicted molar refractivity (Wildman–Crippen MR) is 49.3 cm³/mol. The summed E-state index contributed by atoms with van der Waals surface area (Å²) >= 11 is 4.07. The highest BCUT2D eigenvalue weighted by Crippen LogP contribution is 2.19. The molecule has 12 heavy (non-hydrogen) atoms. The average molecular weight is 183 g/mol. The zero-order chi connectivity index (χ0) is 8.97. The van der Waals surface area contributed by atoms with E-state index < -0.39 is 6.09 Å². The summed E-state index contributed by atoms with van der Waals surface area (Å²) < 4.78 is 4.73. The third kappa shape index (κ3) is 2.17. The molecule has 0 atom stereocenters. The van der Waals surface area contributed by atoms with Gasteiger partial charge in [-0.15, -0.1) is 0 Å². The predicted octanol–water partition coefficient (Wildman–Crippen LogP) is 1.57. The van der Waals surface area contributed by atoms with Crippen molar-refractivity contribution in [1.82, 2.24) is 0 Å². The number of para-hydroxylation sites is 1. The van der Waals surface area contributed by atoms with Gasteiger partial charge >= 0.3 is 6.09 Å². The SMILES string of the molecule is NC(=O)Oc1ccccc1CS. The van der Waals surface area contributed by atoms with E-state index in [-0.39, 0.29) is 0 Å².